The van der Waals surface area contributed by atoms with Crippen molar-refractivity contribution in [2.45, 2.75) is 19.6 Å². The van der Waals surface area contributed by atoms with Gasteiger partial charge in [0, 0.05) is 11.8 Å². The molecule has 0 aliphatic rings. The summed E-state index contributed by atoms with van der Waals surface area (Å²) in [6.07, 6.45) is 1.10. The lowest BCUT2D eigenvalue weighted by Gasteiger charge is -2.08. The molecule has 1 aromatic heterocycles. The number of nitrogens with zero attached hydrogens (tertiary/aromatic N) is 1. The van der Waals surface area contributed by atoms with Crippen LogP contribution in [-0.2, 0) is 11.3 Å². The Bertz CT molecular complexity index is 355. The van der Waals surface area contributed by atoms with Gasteiger partial charge < -0.3 is 9.84 Å². The van der Waals surface area contributed by atoms with E-state index in [4.69, 9.17) is 9.84 Å². The van der Waals surface area contributed by atoms with Gasteiger partial charge in [0.2, 0.25) is 0 Å². The average molecular weight is 288 g/mol. The fourth-order valence-corrected chi connectivity index (χ4v) is 1.51. The number of aromatic nitrogens is 1. The summed E-state index contributed by atoms with van der Waals surface area (Å²) in [6, 6.07) is 3.44. The number of ketones is 1. The second-order valence-electron chi connectivity index (χ2n) is 3.42. The normalized spacial score (nSPS) is 12.4. The summed E-state index contributed by atoms with van der Waals surface area (Å²) in [6.45, 7) is 2.11. The molecule has 0 amide bonds. The first-order valence-electron chi connectivity index (χ1n) is 4.94. The molecular weight excluding hydrogens is 274 g/mol. The number of halogens is 1. The number of ether oxygens (including phenoxy) is 1. The molecule has 0 aromatic carbocycles. The van der Waals surface area contributed by atoms with Gasteiger partial charge in [-0.05, 0) is 19.1 Å². The van der Waals surface area contributed by atoms with Gasteiger partial charge in [-0.15, -0.1) is 0 Å². The van der Waals surface area contributed by atoms with Crippen molar-refractivity contribution >= 4 is 21.7 Å². The van der Waals surface area contributed by atoms with E-state index >= 15 is 0 Å². The van der Waals surface area contributed by atoms with E-state index in [2.05, 4.69) is 20.9 Å². The van der Waals surface area contributed by atoms with Gasteiger partial charge in [-0.1, -0.05) is 15.9 Å². The molecule has 0 unspecified atom stereocenters. The molecule has 0 aliphatic heterocycles. The van der Waals surface area contributed by atoms with Crippen LogP contribution in [0.5, 0.6) is 0 Å². The van der Waals surface area contributed by atoms with Crippen LogP contribution in [-0.4, -0.2) is 33.9 Å². The van der Waals surface area contributed by atoms with E-state index in [1.54, 1.807) is 25.3 Å². The Kier molecular flexibility index (Phi) is 5.59. The van der Waals surface area contributed by atoms with Crippen molar-refractivity contribution in [3.05, 3.63) is 29.6 Å². The maximum Gasteiger partial charge on any atom is 0.175 e. The van der Waals surface area contributed by atoms with E-state index in [0.717, 1.165) is 0 Å². The van der Waals surface area contributed by atoms with Crippen LogP contribution in [0.3, 0.4) is 0 Å². The van der Waals surface area contributed by atoms with Crippen LogP contribution in [0.25, 0.3) is 0 Å². The Balaban J connectivity index is 2.67. The highest BCUT2D eigenvalue weighted by Gasteiger charge is 2.10. The van der Waals surface area contributed by atoms with E-state index in [0.29, 0.717) is 11.3 Å². The molecule has 0 spiro atoms. The zero-order valence-corrected chi connectivity index (χ0v) is 10.6. The maximum atomic E-state index is 11.5. The summed E-state index contributed by atoms with van der Waals surface area (Å²) in [5, 5.41) is 9.30. The molecule has 88 valence electrons. The number of carbonyl (C=O) groups is 1. The van der Waals surface area contributed by atoms with Crippen LogP contribution in [0.1, 0.15) is 23.0 Å². The number of hydrogen-bond donors (Lipinski definition) is 1. The van der Waals surface area contributed by atoms with Crippen LogP contribution in [0.2, 0.25) is 0 Å². The highest BCUT2D eigenvalue weighted by Crippen LogP contribution is 2.09. The molecule has 0 saturated carbocycles. The predicted octanol–water partition coefficient (Wildman–Crippen LogP) is 1.56. The number of Topliss-reactive ketones (excluding diaryl/α,β-unsaturated/α-hetero) is 1. The lowest BCUT2D eigenvalue weighted by molar-refractivity contribution is 0.0360. The zero-order valence-electron chi connectivity index (χ0n) is 9.02. The van der Waals surface area contributed by atoms with Gasteiger partial charge >= 0.3 is 0 Å². The minimum absolute atomic E-state index is 0.0243. The third-order valence-electron chi connectivity index (χ3n) is 1.91. The van der Waals surface area contributed by atoms with Crippen LogP contribution in [0.4, 0.5) is 0 Å². The second kappa shape index (κ2) is 6.73. The number of rotatable bonds is 6. The lowest BCUT2D eigenvalue weighted by atomic mass is 10.1. The average Bonchev–Trinajstić information content (AvgIpc) is 2.28. The van der Waals surface area contributed by atoms with Gasteiger partial charge in [-0.3, -0.25) is 9.78 Å². The number of carbonyl (C=O) groups excluding carboxylic acids is 1. The zero-order chi connectivity index (χ0) is 12.0. The van der Waals surface area contributed by atoms with Crippen molar-refractivity contribution in [3.63, 3.8) is 0 Å². The number of pyridine rings is 1. The van der Waals surface area contributed by atoms with Crippen LogP contribution in [0.15, 0.2) is 18.3 Å². The minimum Gasteiger partial charge on any atom is -0.391 e. The topological polar surface area (TPSA) is 59.4 Å². The highest BCUT2D eigenvalue weighted by molar-refractivity contribution is 9.09. The fourth-order valence-electron chi connectivity index (χ4n) is 1.21. The summed E-state index contributed by atoms with van der Waals surface area (Å²) >= 11 is 3.12. The molecule has 0 fully saturated rings. The molecule has 1 atom stereocenters. The van der Waals surface area contributed by atoms with Gasteiger partial charge in [0.15, 0.2) is 5.78 Å². The largest absolute Gasteiger partial charge is 0.391 e. The van der Waals surface area contributed by atoms with Crippen LogP contribution in [0, 0.1) is 0 Å². The monoisotopic (exact) mass is 287 g/mol. The van der Waals surface area contributed by atoms with Crippen LogP contribution < -0.4 is 0 Å². The van der Waals surface area contributed by atoms with Crippen molar-refractivity contribution in [2.24, 2.45) is 0 Å². The second-order valence-corrected chi connectivity index (χ2v) is 3.98. The van der Waals surface area contributed by atoms with Crippen LogP contribution >= 0.6 is 15.9 Å². The molecule has 5 heteroatoms. The molecule has 1 rings (SSSR count). The SMILES string of the molecule is C[C@@H](O)COCc1ncccc1C(=O)CBr. The molecule has 1 heterocycles. The first-order chi connectivity index (χ1) is 7.65. The molecule has 1 aromatic rings. The predicted molar refractivity (Wildman–Crippen MR) is 63.7 cm³/mol. The van der Waals surface area contributed by atoms with Gasteiger partial charge in [-0.25, -0.2) is 0 Å². The molecular formula is C11H14BrNO3. The van der Waals surface area contributed by atoms with Crippen molar-refractivity contribution < 1.29 is 14.6 Å². The summed E-state index contributed by atoms with van der Waals surface area (Å²) in [5.41, 5.74) is 1.16. The minimum atomic E-state index is -0.515. The van der Waals surface area contributed by atoms with Crippen molar-refractivity contribution in [2.75, 3.05) is 11.9 Å². The van der Waals surface area contributed by atoms with Crippen molar-refractivity contribution in [3.8, 4) is 0 Å². The third kappa shape index (κ3) is 4.00. The molecule has 0 aliphatic carbocycles. The van der Waals surface area contributed by atoms with E-state index in [1.165, 1.54) is 0 Å². The molecule has 0 bridgehead atoms. The number of aliphatic hydroxyl groups excluding tert-OH is 1. The van der Waals surface area contributed by atoms with E-state index in [9.17, 15) is 4.79 Å². The maximum absolute atomic E-state index is 11.5. The Hall–Kier alpha value is -0.780. The van der Waals surface area contributed by atoms with Gasteiger partial charge in [-0.2, -0.15) is 0 Å². The Morgan fingerprint density at radius 1 is 1.69 bits per heavy atom. The smallest absolute Gasteiger partial charge is 0.175 e. The lowest BCUT2D eigenvalue weighted by Crippen LogP contribution is -2.13. The summed E-state index contributed by atoms with van der Waals surface area (Å²) in [5.74, 6) is -0.0243. The highest BCUT2D eigenvalue weighted by atomic mass is 79.9. The Morgan fingerprint density at radius 2 is 2.44 bits per heavy atom. The van der Waals surface area contributed by atoms with E-state index in [-0.39, 0.29) is 24.3 Å². The van der Waals surface area contributed by atoms with Gasteiger partial charge in [0.05, 0.1) is 30.3 Å². The van der Waals surface area contributed by atoms with Gasteiger partial charge in [0.1, 0.15) is 0 Å². The number of aliphatic hydroxyl groups is 1. The number of alkyl halides is 1. The van der Waals surface area contributed by atoms with E-state index < -0.39 is 6.10 Å². The summed E-state index contributed by atoms with van der Waals surface area (Å²) < 4.78 is 5.24. The fraction of sp³-hybridized carbons (Fsp3) is 0.455. The third-order valence-corrected chi connectivity index (χ3v) is 2.42. The summed E-state index contributed by atoms with van der Waals surface area (Å²) in [7, 11) is 0. The Morgan fingerprint density at radius 3 is 3.06 bits per heavy atom. The standard InChI is InChI=1S/C11H14BrNO3/c1-8(14)6-16-7-10-9(11(15)5-12)3-2-4-13-10/h2-4,8,14H,5-7H2,1H3/t8-/m1/s1. The Labute approximate surface area is 103 Å². The summed E-state index contributed by atoms with van der Waals surface area (Å²) in [4.78, 5) is 15.6. The van der Waals surface area contributed by atoms with Crippen molar-refractivity contribution in [1.82, 2.24) is 4.98 Å². The van der Waals surface area contributed by atoms with E-state index in [1.807, 2.05) is 0 Å². The molecule has 0 saturated heterocycles. The molecule has 1 N–H and O–H groups in total. The molecule has 4 nitrogen and oxygen atoms in total. The molecule has 16 heavy (non-hydrogen) atoms. The number of hydrogen-bond acceptors (Lipinski definition) is 4. The van der Waals surface area contributed by atoms with Gasteiger partial charge in [0.25, 0.3) is 0 Å². The van der Waals surface area contributed by atoms with Crippen molar-refractivity contribution in [1.29, 1.82) is 0 Å². The molecule has 0 radical (unpaired) electrons. The first kappa shape index (κ1) is 13.3. The first-order valence-corrected chi connectivity index (χ1v) is 6.06. The quantitative estimate of drug-likeness (QED) is 0.637.